The molecule has 1 rings (SSSR count). The molecule has 1 fully saturated rings. The first-order valence-electron chi connectivity index (χ1n) is 4.86. The molecule has 1 heterocycles. The number of piperidine rings is 1. The van der Waals surface area contributed by atoms with E-state index in [0.29, 0.717) is 18.9 Å². The van der Waals surface area contributed by atoms with Gasteiger partial charge in [-0.15, -0.1) is 0 Å². The van der Waals surface area contributed by atoms with E-state index in [0.717, 1.165) is 13.1 Å². The normalized spacial score (nSPS) is 21.8. The number of likely N-dealkylation sites (tertiary alicyclic amines) is 1. The molecule has 1 aliphatic heterocycles. The molecule has 0 aromatic carbocycles. The largest absolute Gasteiger partial charge is 0.469 e. The number of phosphoric acid groups is 1. The van der Waals surface area contributed by atoms with Gasteiger partial charge in [-0.25, -0.2) is 4.57 Å². The third kappa shape index (κ3) is 4.07. The monoisotopic (exact) mass is 223 g/mol. The summed E-state index contributed by atoms with van der Waals surface area (Å²) in [5.74, 6) is 0. The summed E-state index contributed by atoms with van der Waals surface area (Å²) in [5.41, 5.74) is 0. The minimum Gasteiger partial charge on any atom is -0.303 e. The third-order valence-electron chi connectivity index (χ3n) is 2.49. The van der Waals surface area contributed by atoms with Crippen molar-refractivity contribution < 1.29 is 18.9 Å². The predicted molar refractivity (Wildman–Crippen MR) is 52.9 cm³/mol. The van der Waals surface area contributed by atoms with Crippen molar-refractivity contribution in [2.75, 3.05) is 13.1 Å². The number of hydrogen-bond acceptors (Lipinski definition) is 3. The second-order valence-electron chi connectivity index (χ2n) is 3.93. The molecule has 0 aliphatic carbocycles. The first-order chi connectivity index (χ1) is 6.38. The highest BCUT2D eigenvalue weighted by Gasteiger charge is 2.27. The molecular weight excluding hydrogens is 205 g/mol. The van der Waals surface area contributed by atoms with Crippen LogP contribution in [0.2, 0.25) is 0 Å². The van der Waals surface area contributed by atoms with Crippen molar-refractivity contribution in [2.24, 2.45) is 0 Å². The Kier molecular flexibility index (Phi) is 4.10. The van der Waals surface area contributed by atoms with Crippen molar-refractivity contribution in [3.05, 3.63) is 0 Å². The molecular formula is C8H18NO4P. The molecule has 0 aromatic heterocycles. The summed E-state index contributed by atoms with van der Waals surface area (Å²) in [5, 5.41) is 0. The highest BCUT2D eigenvalue weighted by atomic mass is 31.2. The van der Waals surface area contributed by atoms with E-state index >= 15 is 0 Å². The van der Waals surface area contributed by atoms with Gasteiger partial charge in [-0.1, -0.05) is 0 Å². The molecule has 84 valence electrons. The molecule has 5 nitrogen and oxygen atoms in total. The Morgan fingerprint density at radius 3 is 2.21 bits per heavy atom. The van der Waals surface area contributed by atoms with Crippen molar-refractivity contribution in [1.82, 2.24) is 4.90 Å². The summed E-state index contributed by atoms with van der Waals surface area (Å²) in [7, 11) is -4.30. The Morgan fingerprint density at radius 1 is 1.36 bits per heavy atom. The average Bonchev–Trinajstić information content (AvgIpc) is 2.02. The van der Waals surface area contributed by atoms with E-state index in [1.807, 2.05) is 0 Å². The van der Waals surface area contributed by atoms with Crippen LogP contribution in [0.25, 0.3) is 0 Å². The molecule has 0 radical (unpaired) electrons. The fraction of sp³-hybridized carbons (Fsp3) is 1.00. The van der Waals surface area contributed by atoms with Gasteiger partial charge in [-0.2, -0.15) is 0 Å². The van der Waals surface area contributed by atoms with Crippen LogP contribution in [-0.2, 0) is 9.09 Å². The topological polar surface area (TPSA) is 70.0 Å². The maximum absolute atomic E-state index is 10.6. The van der Waals surface area contributed by atoms with Crippen LogP contribution in [-0.4, -0.2) is 39.9 Å². The van der Waals surface area contributed by atoms with E-state index in [1.54, 1.807) is 0 Å². The molecule has 1 aliphatic rings. The predicted octanol–water partition coefficient (Wildman–Crippen LogP) is 0.968. The van der Waals surface area contributed by atoms with Gasteiger partial charge in [-0.3, -0.25) is 4.52 Å². The zero-order valence-corrected chi connectivity index (χ0v) is 9.48. The fourth-order valence-corrected chi connectivity index (χ4v) is 2.29. The van der Waals surface area contributed by atoms with Gasteiger partial charge >= 0.3 is 7.82 Å². The molecule has 0 amide bonds. The van der Waals surface area contributed by atoms with Gasteiger partial charge in [-0.05, 0) is 26.7 Å². The maximum atomic E-state index is 10.6. The zero-order chi connectivity index (χ0) is 10.8. The highest BCUT2D eigenvalue weighted by molar-refractivity contribution is 7.46. The van der Waals surface area contributed by atoms with Crippen LogP contribution in [0.4, 0.5) is 0 Å². The van der Waals surface area contributed by atoms with Crippen molar-refractivity contribution in [3.8, 4) is 0 Å². The maximum Gasteiger partial charge on any atom is 0.469 e. The first kappa shape index (κ1) is 12.1. The SMILES string of the molecule is CC(C)N1CCC(OP(=O)(O)O)CC1. The molecule has 1 saturated heterocycles. The standard InChI is InChI=1S/C8H18NO4P/c1-7(2)9-5-3-8(4-6-9)13-14(10,11)12/h7-8H,3-6H2,1-2H3,(H2,10,11,12). The second kappa shape index (κ2) is 4.73. The first-order valence-corrected chi connectivity index (χ1v) is 6.39. The Balaban J connectivity index is 2.33. The van der Waals surface area contributed by atoms with Crippen LogP contribution in [0, 0.1) is 0 Å². The smallest absolute Gasteiger partial charge is 0.303 e. The summed E-state index contributed by atoms with van der Waals surface area (Å²) in [4.78, 5) is 19.5. The van der Waals surface area contributed by atoms with Gasteiger partial charge in [0, 0.05) is 19.1 Å². The Hall–Kier alpha value is 0.0700. The Labute approximate surface area is 84.3 Å². The van der Waals surface area contributed by atoms with Crippen molar-refractivity contribution in [1.29, 1.82) is 0 Å². The Bertz CT molecular complexity index is 219. The van der Waals surface area contributed by atoms with Gasteiger partial charge in [0.15, 0.2) is 0 Å². The van der Waals surface area contributed by atoms with Crippen LogP contribution in [0.15, 0.2) is 0 Å². The number of phosphoric ester groups is 1. The summed E-state index contributed by atoms with van der Waals surface area (Å²) in [6, 6.07) is 0.492. The van der Waals surface area contributed by atoms with E-state index in [2.05, 4.69) is 23.3 Å². The van der Waals surface area contributed by atoms with E-state index in [1.165, 1.54) is 0 Å². The van der Waals surface area contributed by atoms with Crippen LogP contribution >= 0.6 is 7.82 Å². The number of nitrogens with zero attached hydrogens (tertiary/aromatic N) is 1. The van der Waals surface area contributed by atoms with E-state index in [-0.39, 0.29) is 6.10 Å². The van der Waals surface area contributed by atoms with Gasteiger partial charge in [0.2, 0.25) is 0 Å². The highest BCUT2D eigenvalue weighted by Crippen LogP contribution is 2.39. The summed E-state index contributed by atoms with van der Waals surface area (Å²) in [6.07, 6.45) is 1.11. The summed E-state index contributed by atoms with van der Waals surface area (Å²) < 4.78 is 15.2. The van der Waals surface area contributed by atoms with Crippen molar-refractivity contribution in [2.45, 2.75) is 38.8 Å². The van der Waals surface area contributed by atoms with Gasteiger partial charge in [0.05, 0.1) is 6.10 Å². The molecule has 0 bridgehead atoms. The quantitative estimate of drug-likeness (QED) is 0.697. The Morgan fingerprint density at radius 2 is 1.86 bits per heavy atom. The van der Waals surface area contributed by atoms with Crippen LogP contribution in [0.3, 0.4) is 0 Å². The summed E-state index contributed by atoms with van der Waals surface area (Å²) >= 11 is 0. The van der Waals surface area contributed by atoms with Crippen LogP contribution < -0.4 is 0 Å². The average molecular weight is 223 g/mol. The van der Waals surface area contributed by atoms with Crippen LogP contribution in [0.5, 0.6) is 0 Å². The molecule has 0 atom stereocenters. The fourth-order valence-electron chi connectivity index (χ4n) is 1.69. The molecule has 0 spiro atoms. The number of rotatable bonds is 3. The van der Waals surface area contributed by atoms with Gasteiger partial charge in [0.1, 0.15) is 0 Å². The number of hydrogen-bond donors (Lipinski definition) is 2. The molecule has 0 saturated carbocycles. The third-order valence-corrected chi connectivity index (χ3v) is 3.07. The lowest BCUT2D eigenvalue weighted by Crippen LogP contribution is -2.40. The lowest BCUT2D eigenvalue weighted by Gasteiger charge is -2.34. The van der Waals surface area contributed by atoms with Crippen molar-refractivity contribution in [3.63, 3.8) is 0 Å². The molecule has 2 N–H and O–H groups in total. The summed E-state index contributed by atoms with van der Waals surface area (Å²) in [6.45, 7) is 5.93. The second-order valence-corrected chi connectivity index (χ2v) is 5.12. The molecule has 0 unspecified atom stereocenters. The lowest BCUT2D eigenvalue weighted by molar-refractivity contribution is 0.0604. The minimum atomic E-state index is -4.30. The van der Waals surface area contributed by atoms with Gasteiger partial charge < -0.3 is 14.7 Å². The molecule has 0 aromatic rings. The molecule has 6 heteroatoms. The minimum absolute atomic E-state index is 0.286. The lowest BCUT2D eigenvalue weighted by atomic mass is 10.1. The van der Waals surface area contributed by atoms with Crippen LogP contribution in [0.1, 0.15) is 26.7 Å². The zero-order valence-electron chi connectivity index (χ0n) is 8.59. The van der Waals surface area contributed by atoms with Crippen molar-refractivity contribution >= 4 is 7.82 Å². The van der Waals surface area contributed by atoms with E-state index in [9.17, 15) is 4.57 Å². The van der Waals surface area contributed by atoms with Gasteiger partial charge in [0.25, 0.3) is 0 Å². The van der Waals surface area contributed by atoms with E-state index < -0.39 is 7.82 Å². The van der Waals surface area contributed by atoms with E-state index in [4.69, 9.17) is 9.79 Å². The molecule has 14 heavy (non-hydrogen) atoms.